The molecule has 4 heteroatoms. The van der Waals surface area contributed by atoms with Gasteiger partial charge in [-0.2, -0.15) is 5.26 Å². The summed E-state index contributed by atoms with van der Waals surface area (Å²) in [6.07, 6.45) is 1.86. The highest BCUT2D eigenvalue weighted by Crippen LogP contribution is 2.30. The van der Waals surface area contributed by atoms with E-state index in [0.29, 0.717) is 5.56 Å². The molecule has 1 heterocycles. The van der Waals surface area contributed by atoms with Crippen LogP contribution in [-0.2, 0) is 0 Å². The number of hydrogen-bond donors (Lipinski definition) is 0. The maximum absolute atomic E-state index is 9.32. The molecule has 1 aromatic carbocycles. The fourth-order valence-corrected chi connectivity index (χ4v) is 2.54. The van der Waals surface area contributed by atoms with E-state index in [-0.39, 0.29) is 0 Å². The molecule has 0 amide bonds. The van der Waals surface area contributed by atoms with Gasteiger partial charge in [0.15, 0.2) is 11.8 Å². The summed E-state index contributed by atoms with van der Waals surface area (Å²) >= 11 is 1.57. The Kier molecular flexibility index (Phi) is 3.85. The minimum atomic E-state index is 0.677. The highest BCUT2D eigenvalue weighted by molar-refractivity contribution is 7.99. The summed E-state index contributed by atoms with van der Waals surface area (Å²) in [5.74, 6) is 0. The van der Waals surface area contributed by atoms with Crippen molar-refractivity contribution in [3.8, 4) is 6.07 Å². The fraction of sp³-hybridized carbons (Fsp3) is 0.143. The third-order valence-electron chi connectivity index (χ3n) is 2.50. The number of anilines is 1. The van der Waals surface area contributed by atoms with Crippen LogP contribution in [0.3, 0.4) is 0 Å². The molecule has 2 aromatic rings. The van der Waals surface area contributed by atoms with Crippen LogP contribution in [0.4, 0.5) is 5.69 Å². The molecule has 0 unspecified atom stereocenters. The van der Waals surface area contributed by atoms with Crippen molar-refractivity contribution in [2.45, 2.75) is 9.92 Å². The Labute approximate surface area is 111 Å². The van der Waals surface area contributed by atoms with Crippen LogP contribution in [0, 0.1) is 11.3 Å². The number of aromatic amines is 1. The van der Waals surface area contributed by atoms with Crippen LogP contribution in [0.5, 0.6) is 0 Å². The van der Waals surface area contributed by atoms with Crippen molar-refractivity contribution in [2.75, 3.05) is 19.0 Å². The summed E-state index contributed by atoms with van der Waals surface area (Å²) in [4.78, 5) is 6.20. The lowest BCUT2D eigenvalue weighted by Gasteiger charge is -2.12. The van der Waals surface area contributed by atoms with Crippen LogP contribution in [0.25, 0.3) is 0 Å². The van der Waals surface area contributed by atoms with E-state index in [0.717, 1.165) is 15.6 Å². The minimum Gasteiger partial charge on any atom is -0.376 e. The molecule has 0 fully saturated rings. The first kappa shape index (κ1) is 12.5. The molecule has 0 aliphatic carbocycles. The van der Waals surface area contributed by atoms with E-state index in [4.69, 9.17) is 0 Å². The van der Waals surface area contributed by atoms with E-state index >= 15 is 0 Å². The van der Waals surface area contributed by atoms with Gasteiger partial charge in [-0.25, -0.2) is 4.98 Å². The normalized spacial score (nSPS) is 9.83. The van der Waals surface area contributed by atoms with Crippen LogP contribution in [-0.4, -0.2) is 14.1 Å². The van der Waals surface area contributed by atoms with Gasteiger partial charge in [0.05, 0.1) is 5.69 Å². The van der Waals surface area contributed by atoms with Crippen LogP contribution in [0.15, 0.2) is 52.5 Å². The molecule has 0 aliphatic rings. The molecule has 0 bridgehead atoms. The Morgan fingerprint density at radius 1 is 1.17 bits per heavy atom. The second kappa shape index (κ2) is 5.56. The molecular formula is C14H14N3S+. The molecule has 0 saturated carbocycles. The summed E-state index contributed by atoms with van der Waals surface area (Å²) in [7, 11) is 3.88. The number of aromatic nitrogens is 1. The van der Waals surface area contributed by atoms with Gasteiger partial charge in [0.25, 0.3) is 5.03 Å². The number of pyridine rings is 1. The second-order valence-electron chi connectivity index (χ2n) is 3.99. The standard InChI is InChI=1S/C14H13N3S/c1-17(2)13-8-9-16-14(12(13)10-15)18-11-6-4-3-5-7-11/h3-9H,1-2H3/p+1. The van der Waals surface area contributed by atoms with Gasteiger partial charge in [-0.15, -0.1) is 0 Å². The van der Waals surface area contributed by atoms with Crippen molar-refractivity contribution in [2.24, 2.45) is 0 Å². The first-order valence-electron chi connectivity index (χ1n) is 5.57. The molecule has 0 saturated heterocycles. The summed E-state index contributed by atoms with van der Waals surface area (Å²) in [5, 5.41) is 10.2. The summed E-state index contributed by atoms with van der Waals surface area (Å²) in [6.45, 7) is 0. The van der Waals surface area contributed by atoms with Crippen molar-refractivity contribution in [3.05, 3.63) is 48.2 Å². The van der Waals surface area contributed by atoms with Crippen LogP contribution >= 0.6 is 11.8 Å². The Morgan fingerprint density at radius 2 is 1.89 bits per heavy atom. The van der Waals surface area contributed by atoms with Gasteiger partial charge >= 0.3 is 0 Å². The average Bonchev–Trinajstić information content (AvgIpc) is 2.39. The molecule has 0 atom stereocenters. The summed E-state index contributed by atoms with van der Waals surface area (Å²) < 4.78 is 0. The smallest absolute Gasteiger partial charge is 0.263 e. The third-order valence-corrected chi connectivity index (χ3v) is 3.53. The monoisotopic (exact) mass is 256 g/mol. The second-order valence-corrected chi connectivity index (χ2v) is 5.07. The molecule has 0 spiro atoms. The number of nitriles is 1. The zero-order valence-electron chi connectivity index (χ0n) is 10.3. The Bertz CT molecular complexity index is 573. The largest absolute Gasteiger partial charge is 0.376 e. The lowest BCUT2D eigenvalue weighted by molar-refractivity contribution is -0.426. The first-order chi connectivity index (χ1) is 8.72. The molecule has 0 radical (unpaired) electrons. The number of rotatable bonds is 3. The molecule has 18 heavy (non-hydrogen) atoms. The lowest BCUT2D eigenvalue weighted by Crippen LogP contribution is -2.16. The fourth-order valence-electron chi connectivity index (χ4n) is 1.64. The van der Waals surface area contributed by atoms with Crippen LogP contribution in [0.2, 0.25) is 0 Å². The van der Waals surface area contributed by atoms with Crippen LogP contribution in [0.1, 0.15) is 5.56 Å². The maximum Gasteiger partial charge on any atom is 0.263 e. The minimum absolute atomic E-state index is 0.677. The van der Waals surface area contributed by atoms with E-state index in [2.05, 4.69) is 11.1 Å². The Hall–Kier alpha value is -1.99. The maximum atomic E-state index is 9.32. The van der Waals surface area contributed by atoms with E-state index in [1.165, 1.54) is 0 Å². The molecule has 90 valence electrons. The first-order valence-corrected chi connectivity index (χ1v) is 6.39. The summed E-state index contributed by atoms with van der Waals surface area (Å²) in [5.41, 5.74) is 1.60. The molecule has 1 aromatic heterocycles. The highest BCUT2D eigenvalue weighted by atomic mass is 32.2. The van der Waals surface area contributed by atoms with E-state index in [1.54, 1.807) is 11.8 Å². The molecule has 0 aliphatic heterocycles. The SMILES string of the molecule is CN(C)c1cc[nH+]c(Sc2ccccc2)c1C#N. The third kappa shape index (κ3) is 2.63. The van der Waals surface area contributed by atoms with Gasteiger partial charge in [0.1, 0.15) is 6.07 Å². The predicted molar refractivity (Wildman–Crippen MR) is 72.6 cm³/mol. The highest BCUT2D eigenvalue weighted by Gasteiger charge is 2.17. The van der Waals surface area contributed by atoms with Gasteiger partial charge in [0.2, 0.25) is 0 Å². The zero-order valence-corrected chi connectivity index (χ0v) is 11.2. The quantitative estimate of drug-likeness (QED) is 0.847. The van der Waals surface area contributed by atoms with Gasteiger partial charge < -0.3 is 4.90 Å². The number of nitrogens with zero attached hydrogens (tertiary/aromatic N) is 2. The van der Waals surface area contributed by atoms with Crippen LogP contribution < -0.4 is 9.88 Å². The molecular weight excluding hydrogens is 242 g/mol. The van der Waals surface area contributed by atoms with Crippen molar-refractivity contribution >= 4 is 17.4 Å². The van der Waals surface area contributed by atoms with Crippen molar-refractivity contribution in [3.63, 3.8) is 0 Å². The topological polar surface area (TPSA) is 41.2 Å². The van der Waals surface area contributed by atoms with Gasteiger partial charge in [-0.05, 0) is 23.9 Å². The number of H-pyrrole nitrogens is 1. The average molecular weight is 256 g/mol. The molecule has 3 nitrogen and oxygen atoms in total. The van der Waals surface area contributed by atoms with Gasteiger partial charge in [-0.3, -0.25) is 0 Å². The molecule has 2 rings (SSSR count). The Balaban J connectivity index is 2.40. The Morgan fingerprint density at radius 3 is 2.50 bits per heavy atom. The van der Waals surface area contributed by atoms with E-state index in [9.17, 15) is 5.26 Å². The summed E-state index contributed by atoms with van der Waals surface area (Å²) in [6, 6.07) is 14.2. The molecule has 1 N–H and O–H groups in total. The van der Waals surface area contributed by atoms with Crippen molar-refractivity contribution < 1.29 is 4.98 Å². The number of nitrogens with one attached hydrogen (secondary N) is 1. The number of hydrogen-bond acceptors (Lipinski definition) is 3. The number of benzene rings is 1. The van der Waals surface area contributed by atoms with Crippen molar-refractivity contribution in [1.29, 1.82) is 5.26 Å². The van der Waals surface area contributed by atoms with E-state index < -0.39 is 0 Å². The van der Waals surface area contributed by atoms with Gasteiger partial charge in [0, 0.05) is 25.1 Å². The van der Waals surface area contributed by atoms with E-state index in [1.807, 2.05) is 61.6 Å². The van der Waals surface area contributed by atoms with Crippen molar-refractivity contribution in [1.82, 2.24) is 0 Å². The predicted octanol–water partition coefficient (Wildman–Crippen LogP) is 2.59. The lowest BCUT2D eigenvalue weighted by atomic mass is 10.2. The zero-order chi connectivity index (χ0) is 13.0. The van der Waals surface area contributed by atoms with Gasteiger partial charge in [-0.1, -0.05) is 18.2 Å².